The van der Waals surface area contributed by atoms with Crippen molar-refractivity contribution in [3.8, 4) is 5.75 Å². The number of carbonyl (C=O) groups excluding carboxylic acids is 1. The smallest absolute Gasteiger partial charge is 0.410 e. The van der Waals surface area contributed by atoms with Crippen LogP contribution in [0.25, 0.3) is 0 Å². The second kappa shape index (κ2) is 6.50. The molecule has 1 aliphatic heterocycles. The lowest BCUT2D eigenvalue weighted by Gasteiger charge is -2.34. The van der Waals surface area contributed by atoms with Crippen LogP contribution in [0.3, 0.4) is 0 Å². The minimum absolute atomic E-state index is 0.129. The highest BCUT2D eigenvalue weighted by molar-refractivity contribution is 5.68. The Hall–Kier alpha value is -1.85. The minimum atomic E-state index is -1.00. The first-order chi connectivity index (χ1) is 10.3. The zero-order chi connectivity index (χ0) is 16.3. The Morgan fingerprint density at radius 1 is 1.32 bits per heavy atom. The van der Waals surface area contributed by atoms with E-state index in [1.807, 2.05) is 0 Å². The van der Waals surface area contributed by atoms with Crippen LogP contribution in [-0.2, 0) is 4.74 Å². The van der Waals surface area contributed by atoms with E-state index < -0.39 is 23.3 Å². The molecule has 6 heteroatoms. The predicted molar refractivity (Wildman–Crippen MR) is 77.8 cm³/mol. The van der Waals surface area contributed by atoms with Gasteiger partial charge >= 0.3 is 6.09 Å². The maximum absolute atomic E-state index is 13.6. The number of carbonyl (C=O) groups is 1. The van der Waals surface area contributed by atoms with Gasteiger partial charge in [0.2, 0.25) is 5.82 Å². The molecule has 1 heterocycles. The Labute approximate surface area is 129 Å². The first-order valence-electron chi connectivity index (χ1n) is 7.35. The molecular weight excluding hydrogens is 292 g/mol. The fourth-order valence-corrected chi connectivity index (χ4v) is 2.28. The van der Waals surface area contributed by atoms with Crippen LogP contribution in [0.15, 0.2) is 18.2 Å². The summed E-state index contributed by atoms with van der Waals surface area (Å²) in [6.45, 7) is 6.26. The van der Waals surface area contributed by atoms with Gasteiger partial charge in [-0.1, -0.05) is 6.07 Å². The van der Waals surface area contributed by atoms with Gasteiger partial charge in [0.15, 0.2) is 11.6 Å². The number of halogens is 2. The van der Waals surface area contributed by atoms with Crippen LogP contribution >= 0.6 is 0 Å². The van der Waals surface area contributed by atoms with E-state index in [1.54, 1.807) is 20.8 Å². The summed E-state index contributed by atoms with van der Waals surface area (Å²) in [7, 11) is 0. The average Bonchev–Trinajstić information content (AvgIpc) is 2.42. The van der Waals surface area contributed by atoms with Crippen LogP contribution in [-0.4, -0.2) is 35.8 Å². The lowest BCUT2D eigenvalue weighted by molar-refractivity contribution is 0.00728. The van der Waals surface area contributed by atoms with Crippen molar-refractivity contribution in [1.82, 2.24) is 4.90 Å². The molecule has 122 valence electrons. The summed E-state index contributed by atoms with van der Waals surface area (Å²) in [5, 5.41) is 0. The summed E-state index contributed by atoms with van der Waals surface area (Å²) in [6.07, 6.45) is 0.605. The highest BCUT2D eigenvalue weighted by Gasteiger charge is 2.29. The van der Waals surface area contributed by atoms with Crippen molar-refractivity contribution in [3.05, 3.63) is 29.8 Å². The van der Waals surface area contributed by atoms with Crippen molar-refractivity contribution < 1.29 is 23.0 Å². The molecule has 1 aromatic rings. The highest BCUT2D eigenvalue weighted by Crippen LogP contribution is 2.24. The van der Waals surface area contributed by atoms with Crippen LogP contribution in [0.5, 0.6) is 5.75 Å². The van der Waals surface area contributed by atoms with E-state index in [4.69, 9.17) is 9.47 Å². The lowest BCUT2D eigenvalue weighted by atomic mass is 10.1. The van der Waals surface area contributed by atoms with E-state index >= 15 is 0 Å². The molecule has 1 unspecified atom stereocenters. The maximum atomic E-state index is 13.6. The van der Waals surface area contributed by atoms with E-state index in [2.05, 4.69) is 0 Å². The average molecular weight is 313 g/mol. The van der Waals surface area contributed by atoms with Crippen LogP contribution in [0.4, 0.5) is 13.6 Å². The second-order valence-electron chi connectivity index (χ2n) is 6.36. The Kier molecular flexibility index (Phi) is 4.88. The Morgan fingerprint density at radius 3 is 2.73 bits per heavy atom. The molecule has 0 aliphatic carbocycles. The molecule has 1 amide bonds. The number of ether oxygens (including phenoxy) is 2. The molecule has 0 aromatic heterocycles. The van der Waals surface area contributed by atoms with E-state index in [0.29, 0.717) is 19.5 Å². The topological polar surface area (TPSA) is 38.8 Å². The summed E-state index contributed by atoms with van der Waals surface area (Å²) < 4.78 is 37.6. The molecule has 0 N–H and O–H groups in total. The Morgan fingerprint density at radius 2 is 2.05 bits per heavy atom. The maximum Gasteiger partial charge on any atom is 0.410 e. The van der Waals surface area contributed by atoms with Gasteiger partial charge in [0, 0.05) is 6.54 Å². The van der Waals surface area contributed by atoms with Gasteiger partial charge in [0.05, 0.1) is 6.54 Å². The van der Waals surface area contributed by atoms with Gasteiger partial charge in [-0.2, -0.15) is 4.39 Å². The van der Waals surface area contributed by atoms with E-state index in [9.17, 15) is 13.6 Å². The summed E-state index contributed by atoms with van der Waals surface area (Å²) in [5.41, 5.74) is -0.570. The third-order valence-electron chi connectivity index (χ3n) is 3.24. The third-order valence-corrected chi connectivity index (χ3v) is 3.24. The standard InChI is InChI=1S/C16H21F2NO3/c1-16(2,3)22-15(20)19-9-5-6-11(10-19)21-13-8-4-7-12(17)14(13)18/h4,7-8,11H,5-6,9-10H2,1-3H3. The number of hydrogen-bond acceptors (Lipinski definition) is 3. The number of benzene rings is 1. The van der Waals surface area contributed by atoms with Crippen molar-refractivity contribution in [1.29, 1.82) is 0 Å². The van der Waals surface area contributed by atoms with Gasteiger partial charge in [-0.3, -0.25) is 0 Å². The molecule has 1 saturated heterocycles. The Bertz CT molecular complexity index is 543. The van der Waals surface area contributed by atoms with E-state index in [0.717, 1.165) is 12.5 Å². The van der Waals surface area contributed by atoms with Crippen molar-refractivity contribution in [2.45, 2.75) is 45.3 Å². The number of nitrogens with zero attached hydrogens (tertiary/aromatic N) is 1. The molecule has 0 spiro atoms. The second-order valence-corrected chi connectivity index (χ2v) is 6.36. The fraction of sp³-hybridized carbons (Fsp3) is 0.562. The van der Waals surface area contributed by atoms with Crippen molar-refractivity contribution >= 4 is 6.09 Å². The van der Waals surface area contributed by atoms with Gasteiger partial charge in [-0.15, -0.1) is 0 Å². The fourth-order valence-electron chi connectivity index (χ4n) is 2.28. The van der Waals surface area contributed by atoms with Crippen LogP contribution < -0.4 is 4.74 Å². The molecule has 22 heavy (non-hydrogen) atoms. The molecule has 1 fully saturated rings. The van der Waals surface area contributed by atoms with E-state index in [1.165, 1.54) is 17.0 Å². The van der Waals surface area contributed by atoms with Crippen LogP contribution in [0.1, 0.15) is 33.6 Å². The predicted octanol–water partition coefficient (Wildman–Crippen LogP) is 3.74. The summed E-state index contributed by atoms with van der Waals surface area (Å²) in [5.74, 6) is -2.08. The number of hydrogen-bond donors (Lipinski definition) is 0. The third kappa shape index (κ3) is 4.32. The largest absolute Gasteiger partial charge is 0.485 e. The molecule has 4 nitrogen and oxygen atoms in total. The molecule has 0 radical (unpaired) electrons. The Balaban J connectivity index is 1.99. The molecule has 2 rings (SSSR count). The zero-order valence-corrected chi connectivity index (χ0v) is 13.1. The molecule has 1 aromatic carbocycles. The van der Waals surface area contributed by atoms with Gasteiger partial charge in [-0.05, 0) is 45.7 Å². The van der Waals surface area contributed by atoms with Crippen LogP contribution in [0, 0.1) is 11.6 Å². The van der Waals surface area contributed by atoms with Crippen molar-refractivity contribution in [2.24, 2.45) is 0 Å². The van der Waals surface area contributed by atoms with Crippen molar-refractivity contribution in [3.63, 3.8) is 0 Å². The van der Waals surface area contributed by atoms with Gasteiger partial charge in [-0.25, -0.2) is 9.18 Å². The number of piperidine rings is 1. The first-order valence-corrected chi connectivity index (χ1v) is 7.35. The highest BCUT2D eigenvalue weighted by atomic mass is 19.2. The minimum Gasteiger partial charge on any atom is -0.485 e. The monoisotopic (exact) mass is 313 g/mol. The van der Waals surface area contributed by atoms with Gasteiger partial charge in [0.25, 0.3) is 0 Å². The van der Waals surface area contributed by atoms with E-state index in [-0.39, 0.29) is 11.9 Å². The zero-order valence-electron chi connectivity index (χ0n) is 13.1. The van der Waals surface area contributed by atoms with Gasteiger partial charge in [0.1, 0.15) is 11.7 Å². The lowest BCUT2D eigenvalue weighted by Crippen LogP contribution is -2.46. The summed E-state index contributed by atoms with van der Waals surface area (Å²) >= 11 is 0. The van der Waals surface area contributed by atoms with Gasteiger partial charge < -0.3 is 14.4 Å². The molecule has 1 atom stereocenters. The number of likely N-dealkylation sites (tertiary alicyclic amines) is 1. The van der Waals surface area contributed by atoms with Crippen molar-refractivity contribution in [2.75, 3.05) is 13.1 Å². The molecular formula is C16H21F2NO3. The molecule has 1 aliphatic rings. The SMILES string of the molecule is CC(C)(C)OC(=O)N1CCCC(Oc2cccc(F)c2F)C1. The number of amides is 1. The summed E-state index contributed by atoms with van der Waals surface area (Å²) in [6, 6.07) is 3.81. The van der Waals surface area contributed by atoms with Crippen LogP contribution in [0.2, 0.25) is 0 Å². The quantitative estimate of drug-likeness (QED) is 0.835. The normalized spacial score (nSPS) is 19.0. The molecule has 0 bridgehead atoms. The molecule has 0 saturated carbocycles. The number of rotatable bonds is 2. The summed E-state index contributed by atoms with van der Waals surface area (Å²) in [4.78, 5) is 13.6. The first kappa shape index (κ1) is 16.5.